The van der Waals surface area contributed by atoms with Gasteiger partial charge in [-0.2, -0.15) is 0 Å². The molecule has 7 heterocycles. The van der Waals surface area contributed by atoms with E-state index in [9.17, 15) is 9.59 Å². The molecule has 2 N–H and O–H groups in total. The number of nitrogens with zero attached hydrogens (tertiary/aromatic N) is 8. The topological polar surface area (TPSA) is 153 Å². The number of carbonyl (C=O) groups is 2. The third-order valence-electron chi connectivity index (χ3n) is 13.1. The van der Waals surface area contributed by atoms with Crippen LogP contribution in [0.2, 0.25) is 0 Å². The van der Waals surface area contributed by atoms with Crippen molar-refractivity contribution >= 4 is 170 Å². The Kier molecular flexibility index (Phi) is 35.3. The van der Waals surface area contributed by atoms with E-state index in [4.69, 9.17) is 14.7 Å². The van der Waals surface area contributed by atoms with Gasteiger partial charge in [0.25, 0.3) is 5.91 Å². The van der Waals surface area contributed by atoms with E-state index in [0.717, 1.165) is 95.8 Å². The first kappa shape index (κ1) is 69.6. The number of fused-ring (bicyclic) bond motifs is 2. The number of anilines is 2. The summed E-state index contributed by atoms with van der Waals surface area (Å²) in [5.41, 5.74) is 8.49. The summed E-state index contributed by atoms with van der Waals surface area (Å²) in [7, 11) is 4.87. The summed E-state index contributed by atoms with van der Waals surface area (Å²) >= 11 is 12.1. The minimum absolute atomic E-state index is 0. The molecule has 2 aromatic carbocycles. The monoisotopic (exact) mass is 1690 g/mol. The number of ether oxygens (including phenoxy) is 1. The number of hydroxylamine groups is 1. The number of halogens is 7. The number of aromatic carboxylic acids is 1. The van der Waals surface area contributed by atoms with Crippen molar-refractivity contribution in [1.29, 1.82) is 0 Å². The number of carboxylic acids is 1. The average molecular weight is 1700 g/mol. The standard InChI is InChI=1S/C27H35N5O3.C22H26N4O2.2CH3.2ClH.5HI.2V/c1-31-19-21(23-9-2-3-10-24(23)31)8-6-7-20-12-14-32(15-13-20)27-28-17-22(18-29-27)26(33)30-35-25-11-4-5-16-34-25;1-25-15-17(19-7-2-3-8-20(19)25)6-4-5-16-9-11-26(12-10-16)22-23-13-18(14-24-22)21(27)28;;;;;;;;;;;/h2-3,9-10,17-20,25H,4-8,11-16H2,1H3,(H,30,33);2-3,7-8,13-16H,4-6,9-12H2,1H3,(H,27,28);2*1H3;7*1H;;/q;;2*-1;;;;;;;;+2;+3/p-5. The van der Waals surface area contributed by atoms with Crippen molar-refractivity contribution in [3.05, 3.63) is 123 Å². The second kappa shape index (κ2) is 37.5. The zero-order chi connectivity index (χ0) is 49.8. The van der Waals surface area contributed by atoms with Crippen LogP contribution in [0.15, 0.2) is 85.7 Å². The molecule has 3 fully saturated rings. The molecule has 3 aliphatic heterocycles. The molecule has 1 amide bonds. The maximum atomic E-state index is 12.3. The molecule has 0 saturated carbocycles. The van der Waals surface area contributed by atoms with Crippen molar-refractivity contribution in [3.8, 4) is 0 Å². The zero-order valence-corrected chi connectivity index (χ0v) is 57.5. The van der Waals surface area contributed by atoms with Crippen molar-refractivity contribution in [3.63, 3.8) is 0 Å². The van der Waals surface area contributed by atoms with Crippen molar-refractivity contribution in [2.75, 3.05) is 42.6 Å². The van der Waals surface area contributed by atoms with Gasteiger partial charge in [-0.05, 0) is 112 Å². The summed E-state index contributed by atoms with van der Waals surface area (Å²) in [6.07, 6.45) is 24.7. The first-order valence-electron chi connectivity index (χ1n) is 23.6. The van der Waals surface area contributed by atoms with Crippen LogP contribution in [0.1, 0.15) is 102 Å². The molecule has 9 rings (SSSR count). The van der Waals surface area contributed by atoms with Crippen LogP contribution in [0, 0.1) is 26.7 Å². The second-order valence-corrected chi connectivity index (χ2v) is 64.8. The van der Waals surface area contributed by atoms with Gasteiger partial charge in [-0.1, -0.05) is 36.4 Å². The molecule has 6 aromatic rings. The summed E-state index contributed by atoms with van der Waals surface area (Å²) in [5.74, 6) is 1.47. The molecule has 3 aliphatic rings. The number of rotatable bonds is 14. The number of piperidine rings is 2. The Bertz CT molecular complexity index is 2530. The van der Waals surface area contributed by atoms with Gasteiger partial charge < -0.3 is 43.6 Å². The van der Waals surface area contributed by atoms with Gasteiger partial charge in [0.05, 0.1) is 11.1 Å². The third-order valence-corrected chi connectivity index (χ3v) is 13.1. The molecule has 74 heavy (non-hydrogen) atoms. The normalized spacial score (nSPS) is 15.5. The number of hydrogen-bond donors (Lipinski definition) is 2. The number of hydrogen-bond acceptors (Lipinski definition) is 10. The van der Waals surface area contributed by atoms with Crippen molar-refractivity contribution < 1.29 is 38.7 Å². The van der Waals surface area contributed by atoms with Gasteiger partial charge in [-0.25, -0.2) is 35.0 Å². The number of amides is 1. The molecule has 409 valence electrons. The van der Waals surface area contributed by atoms with Crippen LogP contribution in [0.4, 0.5) is 11.9 Å². The van der Waals surface area contributed by atoms with E-state index < -0.39 is 5.97 Å². The van der Waals surface area contributed by atoms with Crippen molar-refractivity contribution in [1.82, 2.24) is 34.6 Å². The summed E-state index contributed by atoms with van der Waals surface area (Å²) in [6, 6.07) is 17.3. The molecular formula is C51H69Cl2I5N9O5V2-2. The predicted octanol–water partition coefficient (Wildman–Crippen LogP) is 14.5. The molecule has 0 spiro atoms. The number of para-hydroxylation sites is 2. The van der Waals surface area contributed by atoms with Crippen molar-refractivity contribution in [2.24, 2.45) is 25.9 Å². The number of aromatic nitrogens is 6. The van der Waals surface area contributed by atoms with Crippen LogP contribution in [-0.4, -0.2) is 85.1 Å². The van der Waals surface area contributed by atoms with E-state index in [1.54, 1.807) is 12.4 Å². The molecular weight excluding hydrogens is 1630 g/mol. The van der Waals surface area contributed by atoms with E-state index in [1.165, 1.54) is 71.0 Å². The number of nitrogens with one attached hydrogen (secondary N) is 1. The second-order valence-electron chi connectivity index (χ2n) is 17.7. The van der Waals surface area contributed by atoms with E-state index in [-0.39, 0.29) is 62.3 Å². The van der Waals surface area contributed by atoms with Crippen LogP contribution in [-0.2, 0) is 50.9 Å². The molecule has 0 radical (unpaired) electrons. The van der Waals surface area contributed by atoms with Gasteiger partial charge >= 0.3 is 120 Å². The Labute approximate surface area is 517 Å². The van der Waals surface area contributed by atoms with Gasteiger partial charge in [0.15, 0.2) is 6.29 Å². The Morgan fingerprint density at radius 2 is 1.11 bits per heavy atom. The van der Waals surface area contributed by atoms with E-state index in [0.29, 0.717) is 33.5 Å². The molecule has 1 unspecified atom stereocenters. The first-order valence-corrected chi connectivity index (χ1v) is 46.2. The van der Waals surface area contributed by atoms with E-state index in [1.807, 2.05) is 0 Å². The van der Waals surface area contributed by atoms with Gasteiger partial charge in [0.2, 0.25) is 11.9 Å². The molecule has 1 atom stereocenters. The fraction of sp³-hybridized carbons (Fsp3) is 0.451. The number of carbonyl (C=O) groups excluding carboxylic acids is 1. The summed E-state index contributed by atoms with van der Waals surface area (Å²) in [4.78, 5) is 50.0. The zero-order valence-electron chi connectivity index (χ0n) is 42.3. The summed E-state index contributed by atoms with van der Waals surface area (Å²) in [6.45, 7) is 4.44. The van der Waals surface area contributed by atoms with Gasteiger partial charge in [-0.3, -0.25) is 4.79 Å². The number of carboxylic acid groups (broad SMARTS) is 1. The number of aryl methyl sites for hydroxylation is 4. The van der Waals surface area contributed by atoms with Crippen LogP contribution in [0.5, 0.6) is 0 Å². The van der Waals surface area contributed by atoms with Crippen LogP contribution in [0.25, 0.3) is 21.8 Å². The minimum atomic E-state index is -0.989. The molecule has 0 bridgehead atoms. The molecule has 4 aromatic heterocycles. The Hall–Kier alpha value is -0.461. The predicted molar refractivity (Wildman–Crippen MR) is 342 cm³/mol. The maximum absolute atomic E-state index is 12.3. The number of benzene rings is 2. The fourth-order valence-electron chi connectivity index (χ4n) is 9.43. The molecule has 3 saturated heterocycles. The van der Waals surface area contributed by atoms with Crippen molar-refractivity contribution in [2.45, 2.75) is 89.8 Å². The van der Waals surface area contributed by atoms with Gasteiger partial charge in [-0.15, -0.1) is 24.8 Å². The fourth-order valence-corrected chi connectivity index (χ4v) is 9.43. The molecule has 14 nitrogen and oxygen atoms in total. The summed E-state index contributed by atoms with van der Waals surface area (Å²) < 4.78 is 9.91. The SMILES string of the molecule is Cl.Cl.Cn1cc(CCCC2CCN(c3ncc(C(=O)NOC4CCCCO4)cn3)CC2)c2ccccc21.Cn1cc(CCCC2CCN(c3ncc(C(=O)O)cn3)CC2)c2ccccc21.[CH3-].[CH3-].[I][V]([I])[I].[I][V][I]. The molecule has 0 aliphatic carbocycles. The Morgan fingerprint density at radius 3 is 1.50 bits per heavy atom. The van der Waals surface area contributed by atoms with Crippen LogP contribution >= 0.6 is 125 Å². The van der Waals surface area contributed by atoms with Gasteiger partial charge in [0.1, 0.15) is 0 Å². The third kappa shape index (κ3) is 22.2. The van der Waals surface area contributed by atoms with E-state index in [2.05, 4.69) is 219 Å². The first-order chi connectivity index (χ1) is 33.9. The van der Waals surface area contributed by atoms with Gasteiger partial charge in [0, 0.05) is 112 Å². The quantitative estimate of drug-likeness (QED) is 0.0609. The van der Waals surface area contributed by atoms with E-state index >= 15 is 0 Å². The van der Waals surface area contributed by atoms with Crippen LogP contribution in [0.3, 0.4) is 0 Å². The van der Waals surface area contributed by atoms with Crippen LogP contribution < -0.4 is 15.3 Å². The Balaban J connectivity index is 0.000000436. The average Bonchev–Trinajstić information content (AvgIpc) is 3.88. The molecule has 23 heteroatoms. The Morgan fingerprint density at radius 1 is 0.703 bits per heavy atom. The summed E-state index contributed by atoms with van der Waals surface area (Å²) in [5, 5.41) is 11.7.